The second kappa shape index (κ2) is 5.01. The molecule has 0 fully saturated rings. The maximum atomic E-state index is 5.54. The van der Waals surface area contributed by atoms with E-state index in [0.717, 1.165) is 5.56 Å². The Morgan fingerprint density at radius 2 is 2.00 bits per heavy atom. The number of benzene rings is 1. The number of hydrogen-bond acceptors (Lipinski definition) is 2. The second-order valence-electron chi connectivity index (χ2n) is 2.76. The van der Waals surface area contributed by atoms with Crippen molar-refractivity contribution in [1.29, 1.82) is 0 Å². The van der Waals surface area contributed by atoms with E-state index in [1.165, 1.54) is 5.01 Å². The second-order valence-corrected chi connectivity index (χ2v) is 2.76. The van der Waals surface area contributed by atoms with Crippen LogP contribution in [-0.2, 0) is 0 Å². The number of nitrogens with zero attached hydrogens (tertiary/aromatic N) is 3. The zero-order chi connectivity index (χ0) is 10.4. The molecule has 1 aromatic rings. The Hall–Kier alpha value is -1.84. The highest BCUT2D eigenvalue weighted by Gasteiger charge is 1.94. The van der Waals surface area contributed by atoms with Gasteiger partial charge in [0.25, 0.3) is 0 Å². The molecule has 0 aliphatic rings. The van der Waals surface area contributed by atoms with Crippen LogP contribution in [-0.4, -0.2) is 31.3 Å². The first-order valence-corrected chi connectivity index (χ1v) is 4.29. The molecule has 2 N–H and O–H groups in total. The van der Waals surface area contributed by atoms with Crippen molar-refractivity contribution < 1.29 is 0 Å². The molecule has 0 aliphatic carbocycles. The Labute approximate surface area is 83.8 Å². The normalized spacial score (nSPS) is 12.0. The summed E-state index contributed by atoms with van der Waals surface area (Å²) in [5.74, 6) is 0.386. The third-order valence-corrected chi connectivity index (χ3v) is 1.74. The van der Waals surface area contributed by atoms with Gasteiger partial charge in [-0.05, 0) is 5.56 Å². The first-order valence-electron chi connectivity index (χ1n) is 4.29. The first kappa shape index (κ1) is 10.2. The standard InChI is InChI=1S/C10H14N4/c1-12-10(11)14(2)13-8-9-6-4-3-5-7-9/h3-8H,1-2H3,(H2,11,12)/b13-8+. The van der Waals surface area contributed by atoms with Crippen LogP contribution >= 0.6 is 0 Å². The van der Waals surface area contributed by atoms with Crippen molar-refractivity contribution in [2.75, 3.05) is 14.1 Å². The predicted molar refractivity (Wildman–Crippen MR) is 59.3 cm³/mol. The van der Waals surface area contributed by atoms with Crippen LogP contribution in [0.25, 0.3) is 0 Å². The van der Waals surface area contributed by atoms with Crippen molar-refractivity contribution in [2.45, 2.75) is 0 Å². The van der Waals surface area contributed by atoms with Crippen LogP contribution < -0.4 is 5.73 Å². The number of guanidine groups is 1. The van der Waals surface area contributed by atoms with Crippen LogP contribution in [0.5, 0.6) is 0 Å². The number of hydrogen-bond donors (Lipinski definition) is 1. The molecule has 74 valence electrons. The SMILES string of the molecule is CN=C(N)N(C)/N=C/c1ccccc1. The molecule has 4 nitrogen and oxygen atoms in total. The van der Waals surface area contributed by atoms with Crippen molar-refractivity contribution in [3.8, 4) is 0 Å². The average molecular weight is 190 g/mol. The Morgan fingerprint density at radius 1 is 1.36 bits per heavy atom. The fourth-order valence-electron chi connectivity index (χ4n) is 0.896. The molecule has 4 heteroatoms. The molecular weight excluding hydrogens is 176 g/mol. The molecule has 0 saturated carbocycles. The lowest BCUT2D eigenvalue weighted by Crippen LogP contribution is -2.29. The zero-order valence-corrected chi connectivity index (χ0v) is 8.38. The van der Waals surface area contributed by atoms with E-state index < -0.39 is 0 Å². The van der Waals surface area contributed by atoms with Gasteiger partial charge in [-0.25, -0.2) is 5.01 Å². The van der Waals surface area contributed by atoms with Crippen molar-refractivity contribution in [3.05, 3.63) is 35.9 Å². The summed E-state index contributed by atoms with van der Waals surface area (Å²) >= 11 is 0. The largest absolute Gasteiger partial charge is 0.368 e. The summed E-state index contributed by atoms with van der Waals surface area (Å²) in [5.41, 5.74) is 6.57. The van der Waals surface area contributed by atoms with Crippen LogP contribution in [0.2, 0.25) is 0 Å². The molecule has 14 heavy (non-hydrogen) atoms. The molecular formula is C10H14N4. The van der Waals surface area contributed by atoms with Gasteiger partial charge in [-0.1, -0.05) is 30.3 Å². The van der Waals surface area contributed by atoms with Gasteiger partial charge in [-0.3, -0.25) is 4.99 Å². The van der Waals surface area contributed by atoms with Gasteiger partial charge in [0.15, 0.2) is 0 Å². The van der Waals surface area contributed by atoms with Gasteiger partial charge >= 0.3 is 0 Å². The van der Waals surface area contributed by atoms with E-state index in [1.807, 2.05) is 30.3 Å². The number of aliphatic imine (C=N–C) groups is 1. The molecule has 0 unspecified atom stereocenters. The van der Waals surface area contributed by atoms with Crippen molar-refractivity contribution in [2.24, 2.45) is 15.8 Å². The Bertz CT molecular complexity index is 329. The van der Waals surface area contributed by atoms with Gasteiger partial charge in [0.05, 0.1) is 6.21 Å². The fraction of sp³-hybridized carbons (Fsp3) is 0.200. The van der Waals surface area contributed by atoms with Crippen LogP contribution in [0.15, 0.2) is 40.4 Å². The van der Waals surface area contributed by atoms with E-state index in [9.17, 15) is 0 Å². The van der Waals surface area contributed by atoms with E-state index in [-0.39, 0.29) is 0 Å². The summed E-state index contributed by atoms with van der Waals surface area (Å²) in [6, 6.07) is 9.81. The van der Waals surface area contributed by atoms with E-state index in [2.05, 4.69) is 10.1 Å². The summed E-state index contributed by atoms with van der Waals surface area (Å²) in [4.78, 5) is 3.81. The fourth-order valence-corrected chi connectivity index (χ4v) is 0.896. The first-order chi connectivity index (χ1) is 6.74. The lowest BCUT2D eigenvalue weighted by atomic mass is 10.2. The highest BCUT2D eigenvalue weighted by Crippen LogP contribution is 1.94. The molecule has 0 bridgehead atoms. The third kappa shape index (κ3) is 2.90. The molecule has 0 spiro atoms. The van der Waals surface area contributed by atoms with Gasteiger partial charge in [-0.2, -0.15) is 5.10 Å². The van der Waals surface area contributed by atoms with E-state index in [1.54, 1.807) is 20.3 Å². The predicted octanol–water partition coefficient (Wildman–Crippen LogP) is 0.897. The maximum absolute atomic E-state index is 5.54. The summed E-state index contributed by atoms with van der Waals surface area (Å²) in [5, 5.41) is 5.64. The minimum Gasteiger partial charge on any atom is -0.368 e. The molecule has 1 rings (SSSR count). The minimum atomic E-state index is 0.386. The lowest BCUT2D eigenvalue weighted by molar-refractivity contribution is 0.539. The quantitative estimate of drug-likeness (QED) is 0.428. The van der Waals surface area contributed by atoms with Gasteiger partial charge in [0, 0.05) is 14.1 Å². The molecule has 0 aromatic heterocycles. The van der Waals surface area contributed by atoms with Gasteiger partial charge < -0.3 is 5.73 Å². The Balaban J connectivity index is 2.65. The highest BCUT2D eigenvalue weighted by molar-refractivity contribution is 5.82. The summed E-state index contributed by atoms with van der Waals surface area (Å²) in [6.07, 6.45) is 1.73. The summed E-state index contributed by atoms with van der Waals surface area (Å²) in [6.45, 7) is 0. The van der Waals surface area contributed by atoms with Gasteiger partial charge in [-0.15, -0.1) is 0 Å². The molecule has 0 radical (unpaired) electrons. The average Bonchev–Trinajstić information content (AvgIpc) is 2.26. The lowest BCUT2D eigenvalue weighted by Gasteiger charge is -2.09. The molecule has 0 amide bonds. The summed E-state index contributed by atoms with van der Waals surface area (Å²) < 4.78 is 0. The molecule has 0 saturated heterocycles. The third-order valence-electron chi connectivity index (χ3n) is 1.74. The zero-order valence-electron chi connectivity index (χ0n) is 8.38. The Kier molecular flexibility index (Phi) is 3.67. The molecule has 0 atom stereocenters. The van der Waals surface area contributed by atoms with Crippen LogP contribution in [0.4, 0.5) is 0 Å². The molecule has 0 heterocycles. The van der Waals surface area contributed by atoms with Crippen molar-refractivity contribution in [3.63, 3.8) is 0 Å². The summed E-state index contributed by atoms with van der Waals surface area (Å²) in [7, 11) is 3.38. The maximum Gasteiger partial charge on any atom is 0.211 e. The number of nitrogens with two attached hydrogens (primary N) is 1. The van der Waals surface area contributed by atoms with E-state index >= 15 is 0 Å². The highest BCUT2D eigenvalue weighted by atomic mass is 15.5. The van der Waals surface area contributed by atoms with Gasteiger partial charge in [0.1, 0.15) is 0 Å². The Morgan fingerprint density at radius 3 is 2.57 bits per heavy atom. The van der Waals surface area contributed by atoms with Crippen molar-refractivity contribution in [1.82, 2.24) is 5.01 Å². The minimum absolute atomic E-state index is 0.386. The number of rotatable bonds is 2. The van der Waals surface area contributed by atoms with E-state index in [4.69, 9.17) is 5.73 Å². The van der Waals surface area contributed by atoms with Crippen LogP contribution in [0.1, 0.15) is 5.56 Å². The topological polar surface area (TPSA) is 54.0 Å². The van der Waals surface area contributed by atoms with Gasteiger partial charge in [0.2, 0.25) is 5.96 Å². The van der Waals surface area contributed by atoms with E-state index in [0.29, 0.717) is 5.96 Å². The molecule has 1 aromatic carbocycles. The number of hydrazone groups is 1. The smallest absolute Gasteiger partial charge is 0.211 e. The molecule has 0 aliphatic heterocycles. The monoisotopic (exact) mass is 190 g/mol. The van der Waals surface area contributed by atoms with Crippen molar-refractivity contribution >= 4 is 12.2 Å². The van der Waals surface area contributed by atoms with Crippen LogP contribution in [0.3, 0.4) is 0 Å². The van der Waals surface area contributed by atoms with Crippen LogP contribution in [0, 0.1) is 0 Å².